The van der Waals surface area contributed by atoms with E-state index in [1.54, 1.807) is 25.5 Å². The van der Waals surface area contributed by atoms with Gasteiger partial charge < -0.3 is 20.1 Å². The molecule has 0 atom stereocenters. The molecule has 3 N–H and O–H groups in total. The molecule has 0 fully saturated rings. The maximum atomic E-state index is 12.5. The number of amides is 1. The zero-order valence-electron chi connectivity index (χ0n) is 21.1. The number of nitrogens with zero attached hydrogens (tertiary/aromatic N) is 1. The zero-order chi connectivity index (χ0) is 25.9. The highest BCUT2D eigenvalue weighted by molar-refractivity contribution is 7.80. The summed E-state index contributed by atoms with van der Waals surface area (Å²) in [6.45, 7) is 6.55. The lowest BCUT2D eigenvalue weighted by molar-refractivity contribution is -0.118. The molecule has 0 heterocycles. The summed E-state index contributed by atoms with van der Waals surface area (Å²) < 4.78 is 11.1. The van der Waals surface area contributed by atoms with Crippen molar-refractivity contribution < 1.29 is 14.3 Å². The van der Waals surface area contributed by atoms with Crippen molar-refractivity contribution in [2.24, 2.45) is 5.10 Å². The number of carbonyl (C=O) groups is 1. The first-order valence-corrected chi connectivity index (χ1v) is 12.1. The SMILES string of the molecule is COc1cc(/C=N\NC(=S)NCCc2ccccc2)ccc1OCC(=O)Nc1c(C)cc(C)cc1C. The quantitative estimate of drug-likeness (QED) is 0.211. The Hall–Kier alpha value is -3.91. The highest BCUT2D eigenvalue weighted by atomic mass is 32.1. The minimum Gasteiger partial charge on any atom is -0.493 e. The Morgan fingerprint density at radius 2 is 1.72 bits per heavy atom. The number of thiocarbonyl (C=S) groups is 1. The molecule has 0 radical (unpaired) electrons. The fourth-order valence-electron chi connectivity index (χ4n) is 3.75. The molecule has 0 saturated carbocycles. The highest BCUT2D eigenvalue weighted by Crippen LogP contribution is 2.28. The number of benzene rings is 3. The van der Waals surface area contributed by atoms with Gasteiger partial charge in [0.1, 0.15) is 0 Å². The first kappa shape index (κ1) is 26.7. The van der Waals surface area contributed by atoms with Crippen LogP contribution in [0.4, 0.5) is 5.69 Å². The van der Waals surface area contributed by atoms with Crippen molar-refractivity contribution in [1.82, 2.24) is 10.7 Å². The maximum absolute atomic E-state index is 12.5. The molecule has 3 aromatic rings. The second-order valence-electron chi connectivity index (χ2n) is 8.38. The fourth-order valence-corrected chi connectivity index (χ4v) is 3.90. The number of carbonyl (C=O) groups excluding carboxylic acids is 1. The zero-order valence-corrected chi connectivity index (χ0v) is 21.9. The third-order valence-electron chi connectivity index (χ3n) is 5.41. The lowest BCUT2D eigenvalue weighted by atomic mass is 10.1. The van der Waals surface area contributed by atoms with Crippen LogP contribution in [0.5, 0.6) is 11.5 Å². The second kappa shape index (κ2) is 13.3. The Bertz CT molecular complexity index is 1210. The number of ether oxygens (including phenoxy) is 2. The summed E-state index contributed by atoms with van der Waals surface area (Å²) in [5.74, 6) is 0.724. The molecule has 0 aliphatic carbocycles. The minimum atomic E-state index is -0.241. The van der Waals surface area contributed by atoms with Gasteiger partial charge in [-0.05, 0) is 79.9 Å². The van der Waals surface area contributed by atoms with Gasteiger partial charge in [-0.2, -0.15) is 5.10 Å². The molecule has 3 aromatic carbocycles. The van der Waals surface area contributed by atoms with Gasteiger partial charge in [0.25, 0.3) is 5.91 Å². The van der Waals surface area contributed by atoms with Gasteiger partial charge in [-0.25, -0.2) is 0 Å². The van der Waals surface area contributed by atoms with Gasteiger partial charge in [-0.1, -0.05) is 48.0 Å². The number of methoxy groups -OCH3 is 1. The third kappa shape index (κ3) is 8.09. The Balaban J connectivity index is 1.48. The van der Waals surface area contributed by atoms with Gasteiger partial charge in [-0.15, -0.1) is 0 Å². The molecule has 0 aliphatic rings. The van der Waals surface area contributed by atoms with Crippen LogP contribution in [0.3, 0.4) is 0 Å². The van der Waals surface area contributed by atoms with E-state index in [1.165, 1.54) is 5.56 Å². The molecular formula is C28H32N4O3S. The third-order valence-corrected chi connectivity index (χ3v) is 5.65. The van der Waals surface area contributed by atoms with Crippen LogP contribution >= 0.6 is 12.2 Å². The number of rotatable bonds is 10. The average Bonchev–Trinajstić information content (AvgIpc) is 2.86. The molecule has 7 nitrogen and oxygen atoms in total. The molecular weight excluding hydrogens is 472 g/mol. The summed E-state index contributed by atoms with van der Waals surface area (Å²) in [7, 11) is 1.55. The summed E-state index contributed by atoms with van der Waals surface area (Å²) >= 11 is 5.26. The van der Waals surface area contributed by atoms with E-state index in [-0.39, 0.29) is 12.5 Å². The van der Waals surface area contributed by atoms with Crippen molar-refractivity contribution in [1.29, 1.82) is 0 Å². The second-order valence-corrected chi connectivity index (χ2v) is 8.79. The van der Waals surface area contributed by atoms with E-state index in [0.29, 0.717) is 23.2 Å². The first-order valence-electron chi connectivity index (χ1n) is 11.6. The largest absolute Gasteiger partial charge is 0.493 e. The molecule has 0 unspecified atom stereocenters. The molecule has 36 heavy (non-hydrogen) atoms. The lowest BCUT2D eigenvalue weighted by Crippen LogP contribution is -2.33. The van der Waals surface area contributed by atoms with Gasteiger partial charge in [0.2, 0.25) is 0 Å². The monoisotopic (exact) mass is 504 g/mol. The van der Waals surface area contributed by atoms with E-state index in [2.05, 4.69) is 33.3 Å². The molecule has 0 aromatic heterocycles. The van der Waals surface area contributed by atoms with Crippen molar-refractivity contribution in [3.63, 3.8) is 0 Å². The number of hydrogen-bond donors (Lipinski definition) is 3. The van der Waals surface area contributed by atoms with Crippen molar-refractivity contribution in [3.05, 3.63) is 88.5 Å². The minimum absolute atomic E-state index is 0.138. The van der Waals surface area contributed by atoms with Crippen LogP contribution in [-0.2, 0) is 11.2 Å². The smallest absolute Gasteiger partial charge is 0.262 e. The topological polar surface area (TPSA) is 84.0 Å². The van der Waals surface area contributed by atoms with Crippen LogP contribution in [0, 0.1) is 20.8 Å². The number of nitrogens with one attached hydrogen (secondary N) is 3. The van der Waals surface area contributed by atoms with E-state index in [0.717, 1.165) is 34.4 Å². The Morgan fingerprint density at radius 1 is 1.00 bits per heavy atom. The summed E-state index contributed by atoms with van der Waals surface area (Å²) in [5, 5.41) is 10.7. The van der Waals surface area contributed by atoms with Crippen LogP contribution in [-0.4, -0.2) is 37.5 Å². The summed E-state index contributed by atoms with van der Waals surface area (Å²) in [4.78, 5) is 12.5. The highest BCUT2D eigenvalue weighted by Gasteiger charge is 2.11. The van der Waals surface area contributed by atoms with Crippen LogP contribution < -0.4 is 25.5 Å². The number of anilines is 1. The van der Waals surface area contributed by atoms with Gasteiger partial charge in [0.05, 0.1) is 13.3 Å². The molecule has 8 heteroatoms. The van der Waals surface area contributed by atoms with Crippen LogP contribution in [0.2, 0.25) is 0 Å². The summed E-state index contributed by atoms with van der Waals surface area (Å²) in [5.41, 5.74) is 8.84. The van der Waals surface area contributed by atoms with Gasteiger partial charge in [0.15, 0.2) is 23.2 Å². The Labute approximate surface area is 217 Å². The van der Waals surface area contributed by atoms with E-state index < -0.39 is 0 Å². The van der Waals surface area contributed by atoms with Crippen molar-refractivity contribution in [3.8, 4) is 11.5 Å². The maximum Gasteiger partial charge on any atom is 0.262 e. The Kier molecular flexibility index (Phi) is 9.82. The fraction of sp³-hybridized carbons (Fsp3) is 0.250. The normalized spacial score (nSPS) is 10.7. The molecule has 0 bridgehead atoms. The van der Waals surface area contributed by atoms with E-state index >= 15 is 0 Å². The van der Waals surface area contributed by atoms with E-state index in [4.69, 9.17) is 21.7 Å². The number of hydrazone groups is 1. The van der Waals surface area contributed by atoms with Gasteiger partial charge in [0, 0.05) is 12.2 Å². The van der Waals surface area contributed by atoms with Crippen LogP contribution in [0.15, 0.2) is 65.8 Å². The summed E-state index contributed by atoms with van der Waals surface area (Å²) in [6, 6.07) is 19.6. The molecule has 3 rings (SSSR count). The number of hydrogen-bond acceptors (Lipinski definition) is 5. The van der Waals surface area contributed by atoms with Crippen LogP contribution in [0.25, 0.3) is 0 Å². The molecule has 188 valence electrons. The first-order chi connectivity index (χ1) is 17.4. The van der Waals surface area contributed by atoms with Crippen molar-refractivity contribution in [2.45, 2.75) is 27.2 Å². The number of aryl methyl sites for hydroxylation is 3. The predicted molar refractivity (Wildman–Crippen MR) is 149 cm³/mol. The standard InChI is InChI=1S/C28H32N4O3S/c1-19-14-20(2)27(21(3)15-19)31-26(33)18-35-24-11-10-23(16-25(24)34-4)17-30-32-28(36)29-13-12-22-8-6-5-7-9-22/h5-11,14-17H,12-13,18H2,1-4H3,(H,31,33)(H2,29,32,36)/b30-17-. The average molecular weight is 505 g/mol. The molecule has 0 saturated heterocycles. The van der Waals surface area contributed by atoms with Crippen LogP contribution in [0.1, 0.15) is 27.8 Å². The summed E-state index contributed by atoms with van der Waals surface area (Å²) in [6.07, 6.45) is 2.50. The van der Waals surface area contributed by atoms with E-state index in [1.807, 2.05) is 57.2 Å². The van der Waals surface area contributed by atoms with Gasteiger partial charge >= 0.3 is 0 Å². The molecule has 1 amide bonds. The van der Waals surface area contributed by atoms with Crippen molar-refractivity contribution >= 4 is 35.1 Å². The Morgan fingerprint density at radius 3 is 2.42 bits per heavy atom. The van der Waals surface area contributed by atoms with E-state index in [9.17, 15) is 4.79 Å². The molecule has 0 spiro atoms. The molecule has 0 aliphatic heterocycles. The van der Waals surface area contributed by atoms with Crippen molar-refractivity contribution in [2.75, 3.05) is 25.6 Å². The lowest BCUT2D eigenvalue weighted by Gasteiger charge is -2.14. The predicted octanol–water partition coefficient (Wildman–Crippen LogP) is 4.68. The van der Waals surface area contributed by atoms with Gasteiger partial charge in [-0.3, -0.25) is 10.2 Å².